The second-order valence-corrected chi connectivity index (χ2v) is 8.32. The van der Waals surface area contributed by atoms with E-state index in [1.807, 2.05) is 0 Å². The summed E-state index contributed by atoms with van der Waals surface area (Å²) in [5, 5.41) is -0.854. The van der Waals surface area contributed by atoms with E-state index in [0.29, 0.717) is 5.75 Å². The third-order valence-electron chi connectivity index (χ3n) is 4.42. The van der Waals surface area contributed by atoms with E-state index in [9.17, 15) is 26.4 Å². The van der Waals surface area contributed by atoms with Crippen molar-refractivity contribution in [3.05, 3.63) is 59.7 Å². The third kappa shape index (κ3) is 3.64. The maximum absolute atomic E-state index is 13.1. The average Bonchev–Trinajstić information content (AvgIpc) is 2.59. The molecule has 2 aromatic rings. The minimum atomic E-state index is -4.66. The van der Waals surface area contributed by atoms with Gasteiger partial charge in [0.15, 0.2) is 9.84 Å². The monoisotopic (exact) mass is 399 g/mol. The van der Waals surface area contributed by atoms with Gasteiger partial charge in [-0.15, -0.1) is 0 Å². The van der Waals surface area contributed by atoms with Crippen molar-refractivity contribution in [1.82, 2.24) is 4.90 Å². The molecule has 2 aromatic carbocycles. The molecule has 1 saturated heterocycles. The lowest BCUT2D eigenvalue weighted by Crippen LogP contribution is -2.57. The van der Waals surface area contributed by atoms with Gasteiger partial charge in [0.1, 0.15) is 11.0 Å². The van der Waals surface area contributed by atoms with Gasteiger partial charge in [-0.3, -0.25) is 4.79 Å². The van der Waals surface area contributed by atoms with Crippen LogP contribution < -0.4 is 4.74 Å². The molecule has 9 heteroatoms. The smallest absolute Gasteiger partial charge is 0.417 e. The molecule has 1 amide bonds. The van der Waals surface area contributed by atoms with Gasteiger partial charge in [0.2, 0.25) is 0 Å². The van der Waals surface area contributed by atoms with Crippen LogP contribution in [0.3, 0.4) is 0 Å². The van der Waals surface area contributed by atoms with E-state index in [0.717, 1.165) is 17.0 Å². The van der Waals surface area contributed by atoms with E-state index in [2.05, 4.69) is 0 Å². The van der Waals surface area contributed by atoms with Crippen LogP contribution in [0.4, 0.5) is 13.2 Å². The Hall–Kier alpha value is -2.55. The summed E-state index contributed by atoms with van der Waals surface area (Å²) in [6.45, 7) is -0.307. The Balaban J connectivity index is 1.75. The quantitative estimate of drug-likeness (QED) is 0.793. The molecule has 0 atom stereocenters. The van der Waals surface area contributed by atoms with Gasteiger partial charge in [0.25, 0.3) is 5.91 Å². The van der Waals surface area contributed by atoms with Crippen molar-refractivity contribution in [3.8, 4) is 5.75 Å². The average molecular weight is 399 g/mol. The van der Waals surface area contributed by atoms with E-state index in [1.165, 1.54) is 43.5 Å². The lowest BCUT2D eigenvalue weighted by molar-refractivity contribution is -0.138. The number of nitrogens with zero attached hydrogens (tertiary/aromatic N) is 1. The molecule has 1 heterocycles. The highest BCUT2D eigenvalue weighted by Crippen LogP contribution is 2.34. The van der Waals surface area contributed by atoms with Crippen molar-refractivity contribution in [1.29, 1.82) is 0 Å². The molecular formula is C18H16F3NO4S. The van der Waals surface area contributed by atoms with Gasteiger partial charge in [-0.1, -0.05) is 12.1 Å². The van der Waals surface area contributed by atoms with Crippen molar-refractivity contribution < 1.29 is 31.1 Å². The van der Waals surface area contributed by atoms with E-state index >= 15 is 0 Å². The number of carbonyl (C=O) groups excluding carboxylic acids is 1. The Morgan fingerprint density at radius 1 is 1.07 bits per heavy atom. The summed E-state index contributed by atoms with van der Waals surface area (Å²) in [5.41, 5.74) is -1.51. The number of alkyl halides is 3. The summed E-state index contributed by atoms with van der Waals surface area (Å²) < 4.78 is 69.4. The highest BCUT2D eigenvalue weighted by Gasteiger charge is 2.43. The number of hydrogen-bond donors (Lipinski definition) is 0. The van der Waals surface area contributed by atoms with Gasteiger partial charge < -0.3 is 9.64 Å². The van der Waals surface area contributed by atoms with Crippen LogP contribution in [0.2, 0.25) is 0 Å². The number of sulfone groups is 1. The summed E-state index contributed by atoms with van der Waals surface area (Å²) in [6.07, 6.45) is -4.66. The Morgan fingerprint density at radius 3 is 2.22 bits per heavy atom. The van der Waals surface area contributed by atoms with Crippen LogP contribution in [0.5, 0.6) is 5.75 Å². The lowest BCUT2D eigenvalue weighted by Gasteiger charge is -2.39. The molecule has 0 aliphatic carbocycles. The summed E-state index contributed by atoms with van der Waals surface area (Å²) in [7, 11) is -2.23. The van der Waals surface area contributed by atoms with Crippen LogP contribution in [0.1, 0.15) is 15.9 Å². The first-order chi connectivity index (χ1) is 12.6. The standard InChI is InChI=1S/C18H16F3NO4S/c1-26-12-6-8-13(9-7-12)27(24,25)14-10-22(11-14)17(23)15-4-2-3-5-16(15)18(19,20)21/h2-9,14H,10-11H2,1H3. The molecule has 1 aliphatic rings. The first-order valence-corrected chi connectivity index (χ1v) is 9.52. The normalized spacial score (nSPS) is 15.3. The number of amides is 1. The Kier molecular flexibility index (Phi) is 4.90. The number of ether oxygens (including phenoxy) is 1. The van der Waals surface area contributed by atoms with Gasteiger partial charge >= 0.3 is 6.18 Å². The number of rotatable bonds is 4. The van der Waals surface area contributed by atoms with Crippen LogP contribution in [0.25, 0.3) is 0 Å². The molecule has 3 rings (SSSR count). The summed E-state index contributed by atoms with van der Waals surface area (Å²) in [4.78, 5) is 13.6. The van der Waals surface area contributed by atoms with Crippen molar-refractivity contribution in [2.24, 2.45) is 0 Å². The number of benzene rings is 2. The van der Waals surface area contributed by atoms with Gasteiger partial charge in [0.05, 0.1) is 23.1 Å². The van der Waals surface area contributed by atoms with E-state index in [1.54, 1.807) is 0 Å². The summed E-state index contributed by atoms with van der Waals surface area (Å²) >= 11 is 0. The molecule has 0 N–H and O–H groups in total. The fourth-order valence-corrected chi connectivity index (χ4v) is 4.50. The largest absolute Gasteiger partial charge is 0.497 e. The number of halogens is 3. The zero-order chi connectivity index (χ0) is 19.8. The van der Waals surface area contributed by atoms with Crippen molar-refractivity contribution >= 4 is 15.7 Å². The SMILES string of the molecule is COc1ccc(S(=O)(=O)C2CN(C(=O)c3ccccc3C(F)(F)F)C2)cc1. The first kappa shape index (κ1) is 19.2. The zero-order valence-electron chi connectivity index (χ0n) is 14.2. The fraction of sp³-hybridized carbons (Fsp3) is 0.278. The molecular weight excluding hydrogens is 383 g/mol. The van der Waals surface area contributed by atoms with Crippen LogP contribution in [0.15, 0.2) is 53.4 Å². The number of methoxy groups -OCH3 is 1. The van der Waals surface area contributed by atoms with Crippen molar-refractivity contribution in [2.75, 3.05) is 20.2 Å². The summed E-state index contributed by atoms with van der Waals surface area (Å²) in [6, 6.07) is 10.3. The van der Waals surface area contributed by atoms with Crippen LogP contribution in [-0.4, -0.2) is 44.7 Å². The van der Waals surface area contributed by atoms with Gasteiger partial charge in [0, 0.05) is 13.1 Å². The Labute approximate surface area is 154 Å². The van der Waals surface area contributed by atoms with Gasteiger partial charge in [-0.25, -0.2) is 8.42 Å². The molecule has 0 spiro atoms. The molecule has 0 saturated carbocycles. The number of carbonyl (C=O) groups is 1. The van der Waals surface area contributed by atoms with Crippen molar-refractivity contribution in [2.45, 2.75) is 16.3 Å². The first-order valence-electron chi connectivity index (χ1n) is 7.98. The third-order valence-corrected chi connectivity index (χ3v) is 6.53. The Morgan fingerprint density at radius 2 is 1.67 bits per heavy atom. The molecule has 0 aromatic heterocycles. The maximum Gasteiger partial charge on any atom is 0.417 e. The molecule has 0 bridgehead atoms. The molecule has 5 nitrogen and oxygen atoms in total. The number of hydrogen-bond acceptors (Lipinski definition) is 4. The zero-order valence-corrected chi connectivity index (χ0v) is 15.0. The summed E-state index contributed by atoms with van der Waals surface area (Å²) in [5.74, 6) is -0.327. The van der Waals surface area contributed by atoms with Gasteiger partial charge in [-0.2, -0.15) is 13.2 Å². The minimum absolute atomic E-state index is 0.0797. The van der Waals surface area contributed by atoms with Crippen LogP contribution >= 0.6 is 0 Å². The molecule has 27 heavy (non-hydrogen) atoms. The maximum atomic E-state index is 13.1. The van der Waals surface area contributed by atoms with Crippen molar-refractivity contribution in [3.63, 3.8) is 0 Å². The molecule has 1 fully saturated rings. The van der Waals surface area contributed by atoms with E-state index in [-0.39, 0.29) is 18.0 Å². The highest BCUT2D eigenvalue weighted by atomic mass is 32.2. The highest BCUT2D eigenvalue weighted by molar-refractivity contribution is 7.92. The minimum Gasteiger partial charge on any atom is -0.497 e. The van der Waals surface area contributed by atoms with Crippen LogP contribution in [0, 0.1) is 0 Å². The van der Waals surface area contributed by atoms with Crippen LogP contribution in [-0.2, 0) is 16.0 Å². The molecule has 0 unspecified atom stereocenters. The predicted octanol–water partition coefficient (Wildman–Crippen LogP) is 3.01. The predicted molar refractivity (Wildman–Crippen MR) is 91.3 cm³/mol. The number of likely N-dealkylation sites (tertiary alicyclic amines) is 1. The second-order valence-electron chi connectivity index (χ2n) is 6.10. The molecule has 1 aliphatic heterocycles. The van der Waals surface area contributed by atoms with E-state index < -0.39 is 38.3 Å². The van der Waals surface area contributed by atoms with Gasteiger partial charge in [-0.05, 0) is 36.4 Å². The molecule has 144 valence electrons. The fourth-order valence-electron chi connectivity index (χ4n) is 2.85. The lowest BCUT2D eigenvalue weighted by atomic mass is 10.0. The Bertz CT molecular complexity index is 949. The van der Waals surface area contributed by atoms with E-state index in [4.69, 9.17) is 4.74 Å². The molecule has 0 radical (unpaired) electrons. The second kappa shape index (κ2) is 6.88. The topological polar surface area (TPSA) is 63.7 Å².